The van der Waals surface area contributed by atoms with Crippen molar-refractivity contribution in [2.75, 3.05) is 60.5 Å². The van der Waals surface area contributed by atoms with Gasteiger partial charge in [0.05, 0.1) is 6.61 Å². The molecule has 12 heteroatoms. The number of aromatic hydroxyl groups is 1. The van der Waals surface area contributed by atoms with Crippen LogP contribution < -0.4 is 10.6 Å². The standard InChI is InChI=1S/C29H49F3N6O3/c1-7-22(19-36(6)29(28(41)33-4)35(5)13-9-20(3)34-12-16-39)38(8-2)23-10-14-37(15-11-23)18-21-17-24(30)25(31)26(32)27(21)40/h9,13,17,20,22-23,29,34,39-40H,7-8,10-12,14-16,18-19H2,1-6H3,(H,33,41)/b13-9+. The lowest BCUT2D eigenvalue weighted by molar-refractivity contribution is -0.130. The molecule has 0 aromatic heterocycles. The van der Waals surface area contributed by atoms with Crippen molar-refractivity contribution in [1.29, 1.82) is 0 Å². The van der Waals surface area contributed by atoms with Gasteiger partial charge in [-0.25, -0.2) is 8.78 Å². The van der Waals surface area contributed by atoms with Crippen LogP contribution >= 0.6 is 0 Å². The molecular formula is C29H49F3N6O3. The molecule has 0 spiro atoms. The number of nitrogens with zero attached hydrogens (tertiary/aromatic N) is 4. The van der Waals surface area contributed by atoms with E-state index in [0.717, 1.165) is 31.9 Å². The van der Waals surface area contributed by atoms with Crippen molar-refractivity contribution in [1.82, 2.24) is 30.2 Å². The van der Waals surface area contributed by atoms with E-state index in [4.69, 9.17) is 5.11 Å². The summed E-state index contributed by atoms with van der Waals surface area (Å²) in [5, 5.41) is 24.9. The van der Waals surface area contributed by atoms with E-state index in [1.807, 2.05) is 43.1 Å². The molecule has 1 aromatic rings. The van der Waals surface area contributed by atoms with Crippen LogP contribution in [0.4, 0.5) is 13.2 Å². The topological polar surface area (TPSA) is 94.5 Å². The second kappa shape index (κ2) is 16.9. The van der Waals surface area contributed by atoms with Gasteiger partial charge in [-0.05, 0) is 65.1 Å². The number of phenolic OH excluding ortho intramolecular Hbond substituents is 1. The minimum atomic E-state index is -1.66. The molecule has 1 heterocycles. The van der Waals surface area contributed by atoms with Crippen molar-refractivity contribution in [3.63, 3.8) is 0 Å². The van der Waals surface area contributed by atoms with Gasteiger partial charge in [0.25, 0.3) is 5.91 Å². The summed E-state index contributed by atoms with van der Waals surface area (Å²) in [5.74, 6) is -5.47. The van der Waals surface area contributed by atoms with E-state index in [1.165, 1.54) is 0 Å². The van der Waals surface area contributed by atoms with E-state index >= 15 is 0 Å². The number of piperidine rings is 1. The van der Waals surface area contributed by atoms with Crippen molar-refractivity contribution in [2.45, 2.75) is 70.9 Å². The van der Waals surface area contributed by atoms with Crippen molar-refractivity contribution in [2.24, 2.45) is 0 Å². The molecule has 1 aliphatic rings. The third-order valence-corrected chi connectivity index (χ3v) is 7.91. The first-order chi connectivity index (χ1) is 19.5. The van der Waals surface area contributed by atoms with Crippen LogP contribution in [0.15, 0.2) is 18.3 Å². The second-order valence-electron chi connectivity index (χ2n) is 10.8. The van der Waals surface area contributed by atoms with Crippen LogP contribution in [0.1, 0.15) is 45.6 Å². The van der Waals surface area contributed by atoms with E-state index < -0.39 is 29.4 Å². The number of aliphatic hydroxyl groups is 1. The van der Waals surface area contributed by atoms with Crippen LogP contribution in [0.5, 0.6) is 5.75 Å². The third kappa shape index (κ3) is 9.57. The Labute approximate surface area is 243 Å². The number of hydrogen-bond donors (Lipinski definition) is 4. The molecular weight excluding hydrogens is 537 g/mol. The average molecular weight is 587 g/mol. The van der Waals surface area contributed by atoms with Crippen LogP contribution in [0.25, 0.3) is 0 Å². The van der Waals surface area contributed by atoms with Gasteiger partial charge in [0.15, 0.2) is 23.5 Å². The summed E-state index contributed by atoms with van der Waals surface area (Å²) < 4.78 is 41.0. The summed E-state index contributed by atoms with van der Waals surface area (Å²) in [6.07, 6.45) is 5.89. The van der Waals surface area contributed by atoms with E-state index in [9.17, 15) is 23.1 Å². The van der Waals surface area contributed by atoms with Crippen LogP contribution in [0.3, 0.4) is 0 Å². The molecule has 4 N–H and O–H groups in total. The fraction of sp³-hybridized carbons (Fsp3) is 0.690. The summed E-state index contributed by atoms with van der Waals surface area (Å²) in [7, 11) is 5.45. The lowest BCUT2D eigenvalue weighted by atomic mass is 9.99. The number of rotatable bonds is 16. The number of likely N-dealkylation sites (tertiary alicyclic amines) is 1. The van der Waals surface area contributed by atoms with Gasteiger partial charge in [0, 0.05) is 57.4 Å². The SMILES string of the molecule is CCC(CN(C)C(C(=O)NC)N(C)/C=C/C(C)NCCO)N(CC)C1CCN(Cc2cc(F)c(F)c(F)c2O)CC1. The molecule has 1 amide bonds. The predicted octanol–water partition coefficient (Wildman–Crippen LogP) is 2.29. The highest BCUT2D eigenvalue weighted by Crippen LogP contribution is 2.29. The number of carbonyl (C=O) groups excluding carboxylic acids is 1. The van der Waals surface area contributed by atoms with Crippen LogP contribution in [-0.4, -0.2) is 120 Å². The Morgan fingerprint density at radius 1 is 1.20 bits per heavy atom. The minimum Gasteiger partial charge on any atom is -0.505 e. The van der Waals surface area contributed by atoms with Gasteiger partial charge in [-0.15, -0.1) is 0 Å². The Kier molecular flexibility index (Phi) is 14.4. The number of halogens is 3. The zero-order valence-electron chi connectivity index (χ0n) is 25.3. The fourth-order valence-electron chi connectivity index (χ4n) is 5.65. The monoisotopic (exact) mass is 586 g/mol. The maximum atomic E-state index is 13.8. The Bertz CT molecular complexity index is 993. The van der Waals surface area contributed by atoms with Gasteiger partial charge in [0.2, 0.25) is 5.82 Å². The molecule has 3 unspecified atom stereocenters. The Balaban J connectivity index is 2.05. The van der Waals surface area contributed by atoms with Gasteiger partial charge in [0.1, 0.15) is 0 Å². The smallest absolute Gasteiger partial charge is 0.257 e. The summed E-state index contributed by atoms with van der Waals surface area (Å²) >= 11 is 0. The number of nitrogens with one attached hydrogen (secondary N) is 2. The number of phenols is 1. The molecule has 9 nitrogen and oxygen atoms in total. The van der Waals surface area contributed by atoms with E-state index in [2.05, 4.69) is 34.3 Å². The molecule has 41 heavy (non-hydrogen) atoms. The molecule has 0 bridgehead atoms. The van der Waals surface area contributed by atoms with Crippen molar-refractivity contribution in [3.05, 3.63) is 41.4 Å². The maximum Gasteiger partial charge on any atom is 0.257 e. The van der Waals surface area contributed by atoms with E-state index in [-0.39, 0.29) is 36.7 Å². The quantitative estimate of drug-likeness (QED) is 0.173. The number of benzene rings is 1. The largest absolute Gasteiger partial charge is 0.505 e. The molecule has 1 aliphatic heterocycles. The van der Waals surface area contributed by atoms with Crippen LogP contribution in [-0.2, 0) is 11.3 Å². The van der Waals surface area contributed by atoms with Gasteiger partial charge in [-0.3, -0.25) is 19.5 Å². The molecule has 0 radical (unpaired) electrons. The Morgan fingerprint density at radius 2 is 1.85 bits per heavy atom. The van der Waals surface area contributed by atoms with Gasteiger partial charge >= 0.3 is 0 Å². The number of likely N-dealkylation sites (N-methyl/N-ethyl adjacent to an activating group) is 4. The van der Waals surface area contributed by atoms with E-state index in [0.29, 0.717) is 32.2 Å². The highest BCUT2D eigenvalue weighted by atomic mass is 19.2. The lowest BCUT2D eigenvalue weighted by Crippen LogP contribution is -2.57. The molecule has 1 saturated heterocycles. The molecule has 1 aromatic carbocycles. The molecule has 0 aliphatic carbocycles. The van der Waals surface area contributed by atoms with Gasteiger partial charge in [-0.2, -0.15) is 4.39 Å². The van der Waals surface area contributed by atoms with Crippen molar-refractivity contribution < 1.29 is 28.2 Å². The Hall–Kier alpha value is -2.38. The molecule has 0 saturated carbocycles. The first-order valence-corrected chi connectivity index (χ1v) is 14.5. The lowest BCUT2D eigenvalue weighted by Gasteiger charge is -2.44. The van der Waals surface area contributed by atoms with Crippen LogP contribution in [0, 0.1) is 17.5 Å². The number of aliphatic hydroxyl groups excluding tert-OH is 1. The minimum absolute atomic E-state index is 0.0372. The van der Waals surface area contributed by atoms with Crippen LogP contribution in [0.2, 0.25) is 0 Å². The number of carbonyl (C=O) groups is 1. The zero-order chi connectivity index (χ0) is 30.7. The van der Waals surface area contributed by atoms with Crippen molar-refractivity contribution >= 4 is 5.91 Å². The Morgan fingerprint density at radius 3 is 2.41 bits per heavy atom. The summed E-state index contributed by atoms with van der Waals surface area (Å²) in [4.78, 5) is 21.3. The molecule has 3 atom stereocenters. The predicted molar refractivity (Wildman–Crippen MR) is 155 cm³/mol. The number of amides is 1. The number of hydrogen-bond acceptors (Lipinski definition) is 8. The first kappa shape index (κ1) is 34.8. The van der Waals surface area contributed by atoms with Gasteiger partial charge < -0.3 is 25.7 Å². The second-order valence-corrected chi connectivity index (χ2v) is 10.8. The fourth-order valence-corrected chi connectivity index (χ4v) is 5.65. The highest BCUT2D eigenvalue weighted by Gasteiger charge is 2.32. The molecule has 2 rings (SSSR count). The summed E-state index contributed by atoms with van der Waals surface area (Å²) in [5.41, 5.74) is 0.0391. The molecule has 234 valence electrons. The zero-order valence-corrected chi connectivity index (χ0v) is 25.3. The first-order valence-electron chi connectivity index (χ1n) is 14.5. The highest BCUT2D eigenvalue weighted by molar-refractivity contribution is 5.81. The summed E-state index contributed by atoms with van der Waals surface area (Å²) in [6, 6.07) is 1.39. The normalized spacial score (nSPS) is 17.4. The maximum absolute atomic E-state index is 13.8. The third-order valence-electron chi connectivity index (χ3n) is 7.91. The average Bonchev–Trinajstić information content (AvgIpc) is 2.97. The molecule has 1 fully saturated rings. The van der Waals surface area contributed by atoms with Crippen molar-refractivity contribution in [3.8, 4) is 5.75 Å². The van der Waals surface area contributed by atoms with E-state index in [1.54, 1.807) is 7.05 Å². The summed E-state index contributed by atoms with van der Waals surface area (Å²) in [6.45, 7) is 9.78. The van der Waals surface area contributed by atoms with Gasteiger partial charge in [-0.1, -0.05) is 19.9 Å².